The molecule has 0 saturated carbocycles. The highest BCUT2D eigenvalue weighted by molar-refractivity contribution is 5.75. The number of morpholine rings is 1. The van der Waals surface area contributed by atoms with Gasteiger partial charge in [0, 0.05) is 32.1 Å². The molecule has 0 radical (unpaired) electrons. The number of aromatic nitrogens is 2. The molecule has 2 rings (SSSR count). The molecule has 8 nitrogen and oxygen atoms in total. The van der Waals surface area contributed by atoms with Crippen LogP contribution in [0.2, 0.25) is 0 Å². The zero-order valence-electron chi connectivity index (χ0n) is 11.2. The maximum Gasteiger partial charge on any atom is 0.268 e. The molecule has 1 aliphatic heterocycles. The van der Waals surface area contributed by atoms with E-state index >= 15 is 0 Å². The molecule has 0 aliphatic carbocycles. The minimum atomic E-state index is -0.247. The summed E-state index contributed by atoms with van der Waals surface area (Å²) in [7, 11) is 0. The number of nitrogens with two attached hydrogens (primary N) is 1. The van der Waals surface area contributed by atoms with Crippen LogP contribution in [0, 0.1) is 0 Å². The van der Waals surface area contributed by atoms with E-state index in [9.17, 15) is 9.59 Å². The number of carbonyl (C=O) groups excluding carboxylic acids is 1. The normalized spacial score (nSPS) is 15.2. The van der Waals surface area contributed by atoms with Gasteiger partial charge in [-0.05, 0) is 6.42 Å². The number of nitrogens with zero attached hydrogens (tertiary/aromatic N) is 3. The van der Waals surface area contributed by atoms with Crippen LogP contribution < -0.4 is 21.7 Å². The standard InChI is InChI=1S/C12H19N5O3/c13-15-11(18)2-1-3-17-12(19)8-10(9-14-17)16-4-6-20-7-5-16/h8-9H,1-7,13H2,(H,15,18). The zero-order chi connectivity index (χ0) is 14.4. The number of nitrogens with one attached hydrogen (secondary N) is 1. The molecule has 1 aromatic rings. The Morgan fingerprint density at radius 3 is 2.85 bits per heavy atom. The van der Waals surface area contributed by atoms with Gasteiger partial charge in [0.15, 0.2) is 0 Å². The molecule has 1 saturated heterocycles. The zero-order valence-corrected chi connectivity index (χ0v) is 11.2. The minimum absolute atomic E-state index is 0.165. The van der Waals surface area contributed by atoms with Gasteiger partial charge < -0.3 is 9.64 Å². The van der Waals surface area contributed by atoms with Crippen LogP contribution in [-0.2, 0) is 16.1 Å². The Bertz CT molecular complexity index is 510. The van der Waals surface area contributed by atoms with Crippen molar-refractivity contribution >= 4 is 11.6 Å². The second kappa shape index (κ2) is 7.01. The van der Waals surface area contributed by atoms with E-state index in [-0.39, 0.29) is 17.9 Å². The van der Waals surface area contributed by atoms with E-state index in [1.807, 2.05) is 0 Å². The van der Waals surface area contributed by atoms with Gasteiger partial charge in [-0.25, -0.2) is 10.5 Å². The van der Waals surface area contributed by atoms with Crippen molar-refractivity contribution < 1.29 is 9.53 Å². The van der Waals surface area contributed by atoms with Crippen LogP contribution in [-0.4, -0.2) is 42.0 Å². The molecule has 0 atom stereocenters. The Balaban J connectivity index is 1.95. The van der Waals surface area contributed by atoms with Crippen molar-refractivity contribution in [3.8, 4) is 0 Å². The van der Waals surface area contributed by atoms with Crippen molar-refractivity contribution in [3.63, 3.8) is 0 Å². The van der Waals surface area contributed by atoms with Crippen molar-refractivity contribution in [1.82, 2.24) is 15.2 Å². The molecule has 3 N–H and O–H groups in total. The van der Waals surface area contributed by atoms with Gasteiger partial charge in [0.05, 0.1) is 25.1 Å². The lowest BCUT2D eigenvalue weighted by Crippen LogP contribution is -2.37. The van der Waals surface area contributed by atoms with Crippen molar-refractivity contribution in [1.29, 1.82) is 0 Å². The molecule has 1 aromatic heterocycles. The summed E-state index contributed by atoms with van der Waals surface area (Å²) in [5.41, 5.74) is 2.70. The summed E-state index contributed by atoms with van der Waals surface area (Å²) in [5, 5.41) is 4.13. The molecule has 1 aliphatic rings. The first-order valence-electron chi connectivity index (χ1n) is 6.60. The summed E-state index contributed by atoms with van der Waals surface area (Å²) >= 11 is 0. The summed E-state index contributed by atoms with van der Waals surface area (Å²) < 4.78 is 6.62. The molecule has 20 heavy (non-hydrogen) atoms. The number of rotatable bonds is 5. The van der Waals surface area contributed by atoms with Crippen molar-refractivity contribution in [2.24, 2.45) is 5.84 Å². The summed E-state index contributed by atoms with van der Waals surface area (Å²) in [6, 6.07) is 1.57. The van der Waals surface area contributed by atoms with Gasteiger partial charge in [-0.15, -0.1) is 0 Å². The maximum absolute atomic E-state index is 11.9. The van der Waals surface area contributed by atoms with Gasteiger partial charge in [0.25, 0.3) is 5.56 Å². The number of amides is 1. The lowest BCUT2D eigenvalue weighted by atomic mass is 10.3. The summed E-state index contributed by atoms with van der Waals surface area (Å²) in [6.45, 7) is 3.26. The second-order valence-corrected chi connectivity index (χ2v) is 4.55. The fourth-order valence-electron chi connectivity index (χ4n) is 2.05. The topological polar surface area (TPSA) is 102 Å². The summed E-state index contributed by atoms with van der Waals surface area (Å²) in [4.78, 5) is 25.0. The number of ether oxygens (including phenoxy) is 1. The average molecular weight is 281 g/mol. The number of carbonyl (C=O) groups is 1. The molecular formula is C12H19N5O3. The van der Waals surface area contributed by atoms with Crippen LogP contribution in [0.1, 0.15) is 12.8 Å². The van der Waals surface area contributed by atoms with Gasteiger partial charge in [-0.3, -0.25) is 15.0 Å². The lowest BCUT2D eigenvalue weighted by molar-refractivity contribution is -0.121. The predicted molar refractivity (Wildman–Crippen MR) is 73.1 cm³/mol. The fraction of sp³-hybridized carbons (Fsp3) is 0.583. The molecule has 0 bridgehead atoms. The highest BCUT2D eigenvalue weighted by atomic mass is 16.5. The predicted octanol–water partition coefficient (Wildman–Crippen LogP) is -1.15. The summed E-state index contributed by atoms with van der Waals surface area (Å²) in [6.07, 6.45) is 2.47. The Morgan fingerprint density at radius 2 is 2.20 bits per heavy atom. The first-order chi connectivity index (χ1) is 9.70. The number of hydrogen-bond donors (Lipinski definition) is 2. The lowest BCUT2D eigenvalue weighted by Gasteiger charge is -2.28. The van der Waals surface area contributed by atoms with Crippen LogP contribution in [0.4, 0.5) is 5.69 Å². The molecule has 1 amide bonds. The molecule has 1 fully saturated rings. The maximum atomic E-state index is 11.9. The number of hydrazine groups is 1. The first-order valence-corrected chi connectivity index (χ1v) is 6.60. The van der Waals surface area contributed by atoms with Gasteiger partial charge in [0.2, 0.25) is 5.91 Å². The van der Waals surface area contributed by atoms with Crippen molar-refractivity contribution in [2.75, 3.05) is 31.2 Å². The second-order valence-electron chi connectivity index (χ2n) is 4.55. The van der Waals surface area contributed by atoms with Crippen LogP contribution in [0.15, 0.2) is 17.1 Å². The molecule has 0 unspecified atom stereocenters. The van der Waals surface area contributed by atoms with Crippen LogP contribution in [0.25, 0.3) is 0 Å². The Labute approximate surface area is 116 Å². The number of hydrogen-bond acceptors (Lipinski definition) is 6. The Hall–Kier alpha value is -1.93. The molecule has 110 valence electrons. The number of anilines is 1. The smallest absolute Gasteiger partial charge is 0.268 e. The summed E-state index contributed by atoms with van der Waals surface area (Å²) in [5.74, 6) is 4.74. The van der Waals surface area contributed by atoms with Gasteiger partial charge in [-0.1, -0.05) is 0 Å². The van der Waals surface area contributed by atoms with Gasteiger partial charge in [-0.2, -0.15) is 5.10 Å². The molecule has 2 heterocycles. The molecule has 0 aromatic carbocycles. The average Bonchev–Trinajstić information content (AvgIpc) is 2.49. The highest BCUT2D eigenvalue weighted by Crippen LogP contribution is 2.11. The van der Waals surface area contributed by atoms with E-state index in [0.29, 0.717) is 26.2 Å². The van der Waals surface area contributed by atoms with Gasteiger partial charge >= 0.3 is 0 Å². The Kier molecular flexibility index (Phi) is 5.08. The quantitative estimate of drug-likeness (QED) is 0.401. The fourth-order valence-corrected chi connectivity index (χ4v) is 2.05. The van der Waals surface area contributed by atoms with Gasteiger partial charge in [0.1, 0.15) is 0 Å². The van der Waals surface area contributed by atoms with Crippen LogP contribution in [0.5, 0.6) is 0 Å². The number of aryl methyl sites for hydroxylation is 1. The monoisotopic (exact) mass is 281 g/mol. The van der Waals surface area contributed by atoms with Crippen LogP contribution >= 0.6 is 0 Å². The largest absolute Gasteiger partial charge is 0.378 e. The third-order valence-corrected chi connectivity index (χ3v) is 3.17. The highest BCUT2D eigenvalue weighted by Gasteiger charge is 2.12. The Morgan fingerprint density at radius 1 is 1.45 bits per heavy atom. The third-order valence-electron chi connectivity index (χ3n) is 3.17. The SMILES string of the molecule is NNC(=O)CCCn1ncc(N2CCOCC2)cc1=O. The molecule has 0 spiro atoms. The van der Waals surface area contributed by atoms with E-state index in [0.717, 1.165) is 18.8 Å². The molecule has 8 heteroatoms. The third kappa shape index (κ3) is 3.78. The van der Waals surface area contributed by atoms with E-state index in [4.69, 9.17) is 10.6 Å². The van der Waals surface area contributed by atoms with E-state index in [1.54, 1.807) is 12.3 Å². The molecular weight excluding hydrogens is 262 g/mol. The van der Waals surface area contributed by atoms with E-state index < -0.39 is 0 Å². The van der Waals surface area contributed by atoms with Crippen molar-refractivity contribution in [3.05, 3.63) is 22.6 Å². The van der Waals surface area contributed by atoms with E-state index in [1.165, 1.54) is 4.68 Å². The minimum Gasteiger partial charge on any atom is -0.378 e. The van der Waals surface area contributed by atoms with Crippen molar-refractivity contribution in [2.45, 2.75) is 19.4 Å². The first kappa shape index (κ1) is 14.5. The van der Waals surface area contributed by atoms with Crippen LogP contribution in [0.3, 0.4) is 0 Å². The van der Waals surface area contributed by atoms with E-state index in [2.05, 4.69) is 15.4 Å².